The summed E-state index contributed by atoms with van der Waals surface area (Å²) in [6.45, 7) is 12.9. The molecule has 0 unspecified atom stereocenters. The highest BCUT2D eigenvalue weighted by atomic mass is 16.2. The summed E-state index contributed by atoms with van der Waals surface area (Å²) in [5.41, 5.74) is 0. The molecule has 1 fully saturated rings. The molecule has 0 aliphatic carbocycles. The van der Waals surface area contributed by atoms with Crippen LogP contribution in [0.4, 0.5) is 0 Å². The lowest BCUT2D eigenvalue weighted by molar-refractivity contribution is -0.131. The van der Waals surface area contributed by atoms with Gasteiger partial charge in [0.1, 0.15) is 0 Å². The van der Waals surface area contributed by atoms with E-state index in [-0.39, 0.29) is 5.91 Å². The van der Waals surface area contributed by atoms with Gasteiger partial charge in [0.25, 0.3) is 0 Å². The van der Waals surface area contributed by atoms with Gasteiger partial charge in [0.15, 0.2) is 0 Å². The molecule has 4 heteroatoms. The number of hydrogen-bond donors (Lipinski definition) is 1. The fraction of sp³-hybridized carbons (Fsp3) is 0.583. The first-order valence-corrected chi connectivity index (χ1v) is 5.70. The molecular weight excluding hydrogens is 202 g/mol. The van der Waals surface area contributed by atoms with Crippen molar-refractivity contribution in [1.82, 2.24) is 15.1 Å². The maximum Gasteiger partial charge on any atom is 0.236 e. The molecule has 0 radical (unpaired) electrons. The fourth-order valence-corrected chi connectivity index (χ4v) is 1.76. The third-order valence-corrected chi connectivity index (χ3v) is 2.68. The number of nitrogens with one attached hydrogen (secondary N) is 1. The molecule has 1 rings (SSSR count). The summed E-state index contributed by atoms with van der Waals surface area (Å²) in [6.07, 6.45) is 3.67. The SMILES string of the molecule is C=CCNCC(=O)N1CCN(CC=C)CC1. The van der Waals surface area contributed by atoms with Crippen LogP contribution in [0.2, 0.25) is 0 Å². The van der Waals surface area contributed by atoms with Crippen LogP contribution in [0.1, 0.15) is 0 Å². The Labute approximate surface area is 97.6 Å². The molecule has 1 aliphatic rings. The topological polar surface area (TPSA) is 35.6 Å². The van der Waals surface area contributed by atoms with Crippen LogP contribution < -0.4 is 5.32 Å². The summed E-state index contributed by atoms with van der Waals surface area (Å²) in [4.78, 5) is 15.9. The van der Waals surface area contributed by atoms with Crippen molar-refractivity contribution in [2.24, 2.45) is 0 Å². The second kappa shape index (κ2) is 7.19. The molecular formula is C12H21N3O. The van der Waals surface area contributed by atoms with Crippen molar-refractivity contribution in [2.45, 2.75) is 0 Å². The van der Waals surface area contributed by atoms with Gasteiger partial charge in [-0.2, -0.15) is 0 Å². The number of carbonyl (C=O) groups is 1. The fourth-order valence-electron chi connectivity index (χ4n) is 1.76. The van der Waals surface area contributed by atoms with Crippen LogP contribution in [0.15, 0.2) is 25.3 Å². The van der Waals surface area contributed by atoms with E-state index < -0.39 is 0 Å². The van der Waals surface area contributed by atoms with Gasteiger partial charge >= 0.3 is 0 Å². The molecule has 0 aromatic heterocycles. The van der Waals surface area contributed by atoms with E-state index in [4.69, 9.17) is 0 Å². The average molecular weight is 223 g/mol. The molecule has 1 amide bonds. The Kier molecular flexibility index (Phi) is 5.82. The Bertz CT molecular complexity index is 245. The lowest BCUT2D eigenvalue weighted by Crippen LogP contribution is -2.50. The number of hydrogen-bond acceptors (Lipinski definition) is 3. The van der Waals surface area contributed by atoms with Gasteiger partial charge in [0.2, 0.25) is 5.91 Å². The third kappa shape index (κ3) is 4.16. The normalized spacial score (nSPS) is 17.1. The van der Waals surface area contributed by atoms with Crippen LogP contribution in [-0.4, -0.2) is 61.5 Å². The van der Waals surface area contributed by atoms with Crippen molar-refractivity contribution < 1.29 is 4.79 Å². The quantitative estimate of drug-likeness (QED) is 0.512. The van der Waals surface area contributed by atoms with Gasteiger partial charge in [0.05, 0.1) is 6.54 Å². The molecule has 90 valence electrons. The molecule has 1 aliphatic heterocycles. The van der Waals surface area contributed by atoms with E-state index in [0.717, 1.165) is 32.7 Å². The monoisotopic (exact) mass is 223 g/mol. The molecule has 0 atom stereocenters. The predicted octanol–water partition coefficient (Wildman–Crippen LogP) is 0.0922. The summed E-state index contributed by atoms with van der Waals surface area (Å²) in [6, 6.07) is 0. The third-order valence-electron chi connectivity index (χ3n) is 2.68. The number of carbonyl (C=O) groups excluding carboxylic acids is 1. The van der Waals surface area contributed by atoms with Crippen LogP contribution in [-0.2, 0) is 4.79 Å². The Morgan fingerprint density at radius 3 is 2.44 bits per heavy atom. The van der Waals surface area contributed by atoms with Crippen molar-refractivity contribution in [3.05, 3.63) is 25.3 Å². The number of amides is 1. The zero-order chi connectivity index (χ0) is 11.8. The van der Waals surface area contributed by atoms with E-state index in [2.05, 4.69) is 23.4 Å². The summed E-state index contributed by atoms with van der Waals surface area (Å²) >= 11 is 0. The second-order valence-corrected chi connectivity index (χ2v) is 3.89. The minimum absolute atomic E-state index is 0.181. The predicted molar refractivity (Wildman–Crippen MR) is 66.3 cm³/mol. The Morgan fingerprint density at radius 2 is 1.88 bits per heavy atom. The summed E-state index contributed by atoms with van der Waals surface area (Å²) < 4.78 is 0. The maximum absolute atomic E-state index is 11.7. The van der Waals surface area contributed by atoms with Gasteiger partial charge in [-0.05, 0) is 0 Å². The highest BCUT2D eigenvalue weighted by Gasteiger charge is 2.19. The van der Waals surface area contributed by atoms with Crippen molar-refractivity contribution >= 4 is 5.91 Å². The van der Waals surface area contributed by atoms with E-state index >= 15 is 0 Å². The maximum atomic E-state index is 11.7. The summed E-state index contributed by atoms with van der Waals surface area (Å²) in [7, 11) is 0. The standard InChI is InChI=1S/C12H21N3O/c1-3-5-13-11-12(16)15-9-7-14(6-4-2)8-10-15/h3-4,13H,1-2,5-11H2. The van der Waals surface area contributed by atoms with E-state index in [1.807, 2.05) is 11.0 Å². The number of rotatable bonds is 6. The molecule has 0 aromatic rings. The van der Waals surface area contributed by atoms with Crippen molar-refractivity contribution in [1.29, 1.82) is 0 Å². The van der Waals surface area contributed by atoms with Gasteiger partial charge in [-0.1, -0.05) is 12.2 Å². The largest absolute Gasteiger partial charge is 0.339 e. The molecule has 1 N–H and O–H groups in total. The first-order chi connectivity index (χ1) is 7.77. The number of nitrogens with zero attached hydrogens (tertiary/aromatic N) is 2. The molecule has 16 heavy (non-hydrogen) atoms. The molecule has 0 aromatic carbocycles. The highest BCUT2D eigenvalue weighted by molar-refractivity contribution is 5.78. The van der Waals surface area contributed by atoms with E-state index in [1.54, 1.807) is 6.08 Å². The second-order valence-electron chi connectivity index (χ2n) is 3.89. The van der Waals surface area contributed by atoms with Gasteiger partial charge in [-0.3, -0.25) is 9.69 Å². The highest BCUT2D eigenvalue weighted by Crippen LogP contribution is 2.01. The number of piperazine rings is 1. The van der Waals surface area contributed by atoms with Crippen molar-refractivity contribution in [3.63, 3.8) is 0 Å². The lowest BCUT2D eigenvalue weighted by Gasteiger charge is -2.34. The van der Waals surface area contributed by atoms with Gasteiger partial charge in [0, 0.05) is 39.3 Å². The first kappa shape index (κ1) is 12.9. The minimum Gasteiger partial charge on any atom is -0.339 e. The van der Waals surface area contributed by atoms with Crippen LogP contribution in [0.25, 0.3) is 0 Å². The molecule has 1 heterocycles. The van der Waals surface area contributed by atoms with E-state index in [1.165, 1.54) is 0 Å². The zero-order valence-corrected chi connectivity index (χ0v) is 9.82. The van der Waals surface area contributed by atoms with Crippen LogP contribution >= 0.6 is 0 Å². The molecule has 0 saturated carbocycles. The smallest absolute Gasteiger partial charge is 0.236 e. The van der Waals surface area contributed by atoms with E-state index in [0.29, 0.717) is 13.1 Å². The van der Waals surface area contributed by atoms with Gasteiger partial charge in [-0.25, -0.2) is 0 Å². The Morgan fingerprint density at radius 1 is 1.19 bits per heavy atom. The van der Waals surface area contributed by atoms with Gasteiger partial charge < -0.3 is 10.2 Å². The molecule has 4 nitrogen and oxygen atoms in total. The van der Waals surface area contributed by atoms with Crippen molar-refractivity contribution in [2.75, 3.05) is 45.8 Å². The molecule has 1 saturated heterocycles. The van der Waals surface area contributed by atoms with Crippen LogP contribution in [0.5, 0.6) is 0 Å². The summed E-state index contributed by atoms with van der Waals surface area (Å²) in [5, 5.41) is 3.03. The van der Waals surface area contributed by atoms with Gasteiger partial charge in [-0.15, -0.1) is 13.2 Å². The van der Waals surface area contributed by atoms with Crippen molar-refractivity contribution in [3.8, 4) is 0 Å². The zero-order valence-electron chi connectivity index (χ0n) is 9.82. The lowest BCUT2D eigenvalue weighted by atomic mass is 10.3. The Balaban J connectivity index is 2.21. The van der Waals surface area contributed by atoms with Crippen LogP contribution in [0, 0.1) is 0 Å². The molecule has 0 bridgehead atoms. The van der Waals surface area contributed by atoms with E-state index in [9.17, 15) is 4.79 Å². The average Bonchev–Trinajstić information content (AvgIpc) is 2.30. The minimum atomic E-state index is 0.181. The Hall–Kier alpha value is -1.13. The van der Waals surface area contributed by atoms with Crippen LogP contribution in [0.3, 0.4) is 0 Å². The molecule has 0 spiro atoms. The first-order valence-electron chi connectivity index (χ1n) is 5.70. The summed E-state index contributed by atoms with van der Waals surface area (Å²) in [5.74, 6) is 0.181.